The van der Waals surface area contributed by atoms with Gasteiger partial charge in [-0.1, -0.05) is 5.21 Å². The normalized spacial score (nSPS) is 11.2. The second-order valence-electron chi connectivity index (χ2n) is 4.00. The predicted molar refractivity (Wildman–Crippen MR) is 59.6 cm³/mol. The van der Waals surface area contributed by atoms with E-state index in [1.54, 1.807) is 4.68 Å². The molecule has 2 N–H and O–H groups in total. The van der Waals surface area contributed by atoms with Crippen LogP contribution in [0.25, 0.3) is 0 Å². The minimum absolute atomic E-state index is 0.398. The smallest absolute Gasteiger partial charge is 0.0962 e. The van der Waals surface area contributed by atoms with Crippen LogP contribution < -0.4 is 5.73 Å². The summed E-state index contributed by atoms with van der Waals surface area (Å²) in [5, 5.41) is 7.96. The molecule has 2 aromatic heterocycles. The first-order valence-electron chi connectivity index (χ1n) is 5.30. The Morgan fingerprint density at radius 2 is 2.25 bits per heavy atom. The Morgan fingerprint density at radius 3 is 2.88 bits per heavy atom. The quantitative estimate of drug-likeness (QED) is 0.817. The summed E-state index contributed by atoms with van der Waals surface area (Å²) < 4.78 is 3.89. The molecule has 0 bridgehead atoms. The van der Waals surface area contributed by atoms with Gasteiger partial charge in [0.2, 0.25) is 0 Å². The van der Waals surface area contributed by atoms with Crippen molar-refractivity contribution >= 4 is 0 Å². The van der Waals surface area contributed by atoms with E-state index in [1.807, 2.05) is 18.7 Å². The van der Waals surface area contributed by atoms with Gasteiger partial charge in [-0.3, -0.25) is 0 Å². The van der Waals surface area contributed by atoms with E-state index < -0.39 is 0 Å². The van der Waals surface area contributed by atoms with E-state index in [-0.39, 0.29) is 0 Å². The van der Waals surface area contributed by atoms with Crippen molar-refractivity contribution in [3.05, 3.63) is 30.1 Å². The van der Waals surface area contributed by atoms with Crippen LogP contribution in [0.1, 0.15) is 31.3 Å². The first kappa shape index (κ1) is 10.8. The fraction of sp³-hybridized carbons (Fsp3) is 0.500. The van der Waals surface area contributed by atoms with Crippen LogP contribution in [0.5, 0.6) is 0 Å². The molecule has 0 aromatic carbocycles. The molecule has 2 rings (SSSR count). The van der Waals surface area contributed by atoms with Gasteiger partial charge in [0.15, 0.2) is 0 Å². The Balaban J connectivity index is 2.17. The lowest BCUT2D eigenvalue weighted by molar-refractivity contribution is 0.541. The first-order valence-corrected chi connectivity index (χ1v) is 5.30. The molecule has 6 heteroatoms. The summed E-state index contributed by atoms with van der Waals surface area (Å²) in [7, 11) is 0. The van der Waals surface area contributed by atoms with Crippen molar-refractivity contribution in [1.29, 1.82) is 0 Å². The van der Waals surface area contributed by atoms with Gasteiger partial charge < -0.3 is 10.3 Å². The lowest BCUT2D eigenvalue weighted by Gasteiger charge is -2.10. The van der Waals surface area contributed by atoms with E-state index >= 15 is 0 Å². The van der Waals surface area contributed by atoms with Crippen molar-refractivity contribution < 1.29 is 0 Å². The molecule has 0 unspecified atom stereocenters. The number of nitrogens with two attached hydrogens (primary N) is 1. The molecule has 0 aliphatic heterocycles. The van der Waals surface area contributed by atoms with E-state index in [2.05, 4.69) is 33.7 Å². The summed E-state index contributed by atoms with van der Waals surface area (Å²) in [4.78, 5) is 4.14. The zero-order valence-electron chi connectivity index (χ0n) is 9.54. The van der Waals surface area contributed by atoms with Gasteiger partial charge in [-0.2, -0.15) is 0 Å². The maximum atomic E-state index is 5.48. The third-order valence-electron chi connectivity index (χ3n) is 2.42. The molecule has 0 atom stereocenters. The van der Waals surface area contributed by atoms with E-state index in [4.69, 9.17) is 5.73 Å². The average molecular weight is 220 g/mol. The summed E-state index contributed by atoms with van der Waals surface area (Å²) in [6.45, 7) is 5.34. The van der Waals surface area contributed by atoms with Gasteiger partial charge in [-0.05, 0) is 13.8 Å². The van der Waals surface area contributed by atoms with E-state index in [0.717, 1.165) is 11.4 Å². The van der Waals surface area contributed by atoms with Crippen molar-refractivity contribution in [1.82, 2.24) is 24.5 Å². The molecule has 0 saturated heterocycles. The molecule has 2 heterocycles. The Kier molecular flexibility index (Phi) is 3.00. The van der Waals surface area contributed by atoms with Crippen molar-refractivity contribution in [2.45, 2.75) is 33.0 Å². The van der Waals surface area contributed by atoms with Crippen LogP contribution in [0.4, 0.5) is 0 Å². The topological polar surface area (TPSA) is 74.5 Å². The molecule has 0 aliphatic carbocycles. The number of aromatic nitrogens is 5. The Hall–Kier alpha value is -1.69. The summed E-state index contributed by atoms with van der Waals surface area (Å²) >= 11 is 0. The molecule has 2 aromatic rings. The second kappa shape index (κ2) is 4.44. The summed E-state index contributed by atoms with van der Waals surface area (Å²) in [6, 6.07) is 0.398. The lowest BCUT2D eigenvalue weighted by Crippen LogP contribution is -2.09. The van der Waals surface area contributed by atoms with Crippen LogP contribution in [0.2, 0.25) is 0 Å². The third kappa shape index (κ3) is 2.11. The van der Waals surface area contributed by atoms with Gasteiger partial charge in [0.05, 0.1) is 36.7 Å². The highest BCUT2D eigenvalue weighted by atomic mass is 15.4. The Morgan fingerprint density at radius 1 is 1.44 bits per heavy atom. The second-order valence-corrected chi connectivity index (χ2v) is 4.00. The van der Waals surface area contributed by atoms with Crippen LogP contribution in [-0.4, -0.2) is 24.5 Å². The minimum Gasteiger partial charge on any atom is -0.330 e. The van der Waals surface area contributed by atoms with Gasteiger partial charge in [-0.15, -0.1) is 5.10 Å². The standard InChI is InChI=1S/C10H16N6/c1-8(2)16-7-12-4-10(16)6-15-5-9(3-11)13-14-15/h4-5,7-8H,3,6,11H2,1-2H3. The molecule has 0 amide bonds. The highest BCUT2D eigenvalue weighted by Gasteiger charge is 2.07. The molecule has 6 nitrogen and oxygen atoms in total. The van der Waals surface area contributed by atoms with Gasteiger partial charge in [-0.25, -0.2) is 9.67 Å². The van der Waals surface area contributed by atoms with Crippen molar-refractivity contribution in [3.63, 3.8) is 0 Å². The zero-order valence-corrected chi connectivity index (χ0v) is 9.54. The predicted octanol–water partition coefficient (Wildman–Crippen LogP) is 0.562. The van der Waals surface area contributed by atoms with Crippen molar-refractivity contribution in [3.8, 4) is 0 Å². The fourth-order valence-corrected chi connectivity index (χ4v) is 1.59. The molecule has 0 saturated carbocycles. The Labute approximate surface area is 94.1 Å². The van der Waals surface area contributed by atoms with E-state index in [1.165, 1.54) is 0 Å². The number of imidazole rings is 1. The molecule has 0 radical (unpaired) electrons. The molecule has 0 aliphatic rings. The molecule has 86 valence electrons. The monoisotopic (exact) mass is 220 g/mol. The Bertz CT molecular complexity index is 455. The number of rotatable bonds is 4. The van der Waals surface area contributed by atoms with E-state index in [0.29, 0.717) is 19.1 Å². The summed E-state index contributed by atoms with van der Waals surface area (Å²) in [5.41, 5.74) is 7.40. The number of hydrogen-bond acceptors (Lipinski definition) is 4. The van der Waals surface area contributed by atoms with Crippen LogP contribution >= 0.6 is 0 Å². The van der Waals surface area contributed by atoms with Crippen LogP contribution in [-0.2, 0) is 13.1 Å². The first-order chi connectivity index (χ1) is 7.70. The molecule has 0 fully saturated rings. The van der Waals surface area contributed by atoms with Crippen LogP contribution in [0, 0.1) is 0 Å². The van der Waals surface area contributed by atoms with Crippen molar-refractivity contribution in [2.75, 3.05) is 0 Å². The summed E-state index contributed by atoms with van der Waals surface area (Å²) in [5.74, 6) is 0. The highest BCUT2D eigenvalue weighted by Crippen LogP contribution is 2.09. The van der Waals surface area contributed by atoms with E-state index in [9.17, 15) is 0 Å². The number of nitrogens with zero attached hydrogens (tertiary/aromatic N) is 5. The highest BCUT2D eigenvalue weighted by molar-refractivity contribution is 5.01. The molecule has 16 heavy (non-hydrogen) atoms. The lowest BCUT2D eigenvalue weighted by atomic mass is 10.3. The molecular formula is C10H16N6. The van der Waals surface area contributed by atoms with Crippen LogP contribution in [0.3, 0.4) is 0 Å². The minimum atomic E-state index is 0.398. The van der Waals surface area contributed by atoms with Crippen LogP contribution in [0.15, 0.2) is 18.7 Å². The van der Waals surface area contributed by atoms with Gasteiger partial charge >= 0.3 is 0 Å². The van der Waals surface area contributed by atoms with Crippen molar-refractivity contribution in [2.24, 2.45) is 5.73 Å². The SMILES string of the molecule is CC(C)n1cncc1Cn1cc(CN)nn1. The van der Waals surface area contributed by atoms with Gasteiger partial charge in [0, 0.05) is 12.6 Å². The third-order valence-corrected chi connectivity index (χ3v) is 2.42. The molecule has 0 spiro atoms. The zero-order chi connectivity index (χ0) is 11.5. The fourth-order valence-electron chi connectivity index (χ4n) is 1.59. The average Bonchev–Trinajstić information content (AvgIpc) is 2.87. The van der Waals surface area contributed by atoms with Gasteiger partial charge in [0.25, 0.3) is 0 Å². The maximum Gasteiger partial charge on any atom is 0.0962 e. The molecular weight excluding hydrogens is 204 g/mol. The summed E-state index contributed by atoms with van der Waals surface area (Å²) in [6.07, 6.45) is 5.54. The number of hydrogen-bond donors (Lipinski definition) is 1. The maximum absolute atomic E-state index is 5.48. The largest absolute Gasteiger partial charge is 0.330 e. The van der Waals surface area contributed by atoms with Gasteiger partial charge in [0.1, 0.15) is 0 Å².